The first-order chi connectivity index (χ1) is 8.31. The van der Waals surface area contributed by atoms with Crippen LogP contribution in [0, 0.1) is 0 Å². The Kier molecular flexibility index (Phi) is 4.78. The van der Waals surface area contributed by atoms with Crippen molar-refractivity contribution in [3.63, 3.8) is 0 Å². The van der Waals surface area contributed by atoms with Crippen molar-refractivity contribution < 1.29 is 9.15 Å². The number of aromatic nitrogens is 2. The predicted molar refractivity (Wildman–Crippen MR) is 64.8 cm³/mol. The van der Waals surface area contributed by atoms with Gasteiger partial charge in [0.15, 0.2) is 0 Å². The quantitative estimate of drug-likeness (QED) is 0.763. The lowest BCUT2D eigenvalue weighted by atomic mass is 10.3. The molecule has 1 saturated heterocycles. The minimum atomic E-state index is 0.238. The lowest BCUT2D eigenvalue weighted by molar-refractivity contribution is -0.0138. The molecule has 0 spiro atoms. The molecule has 1 atom stereocenters. The van der Waals surface area contributed by atoms with Crippen molar-refractivity contribution in [1.29, 1.82) is 0 Å². The second-order valence-corrected chi connectivity index (χ2v) is 4.83. The van der Waals surface area contributed by atoms with Crippen molar-refractivity contribution in [2.75, 3.05) is 32.0 Å². The lowest BCUT2D eigenvalue weighted by Gasteiger charge is -2.31. The van der Waals surface area contributed by atoms with Gasteiger partial charge < -0.3 is 14.9 Å². The first-order valence-corrected chi connectivity index (χ1v) is 6.79. The molecule has 1 aromatic rings. The molecular weight excluding hydrogens is 240 g/mol. The standard InChI is InChI=1S/C10H18N4O2S/c1-2-14-3-4-15-8(6-14)7-17-10-13-12-9(5-11)16-10/h8H,2-7,11H2,1H3. The predicted octanol–water partition coefficient (Wildman–Crippen LogP) is 0.341. The van der Waals surface area contributed by atoms with Crippen LogP contribution in [0.3, 0.4) is 0 Å². The molecule has 0 saturated carbocycles. The fourth-order valence-corrected chi connectivity index (χ4v) is 2.50. The lowest BCUT2D eigenvalue weighted by Crippen LogP contribution is -2.43. The molecular formula is C10H18N4O2S. The molecule has 2 rings (SSSR count). The topological polar surface area (TPSA) is 77.4 Å². The minimum Gasteiger partial charge on any atom is -0.415 e. The SMILES string of the molecule is CCN1CCOC(CSc2nnc(CN)o2)C1. The highest BCUT2D eigenvalue weighted by atomic mass is 32.2. The van der Waals surface area contributed by atoms with E-state index in [9.17, 15) is 0 Å². The van der Waals surface area contributed by atoms with Gasteiger partial charge >= 0.3 is 0 Å². The van der Waals surface area contributed by atoms with Gasteiger partial charge in [0.2, 0.25) is 5.89 Å². The summed E-state index contributed by atoms with van der Waals surface area (Å²) in [5.41, 5.74) is 5.40. The zero-order chi connectivity index (χ0) is 12.1. The number of rotatable bonds is 5. The van der Waals surface area contributed by atoms with Crippen molar-refractivity contribution >= 4 is 11.8 Å². The van der Waals surface area contributed by atoms with Gasteiger partial charge in [0.25, 0.3) is 5.22 Å². The maximum Gasteiger partial charge on any atom is 0.276 e. The maximum absolute atomic E-state index is 5.69. The second kappa shape index (κ2) is 6.34. The molecule has 1 aromatic heterocycles. The summed E-state index contributed by atoms with van der Waals surface area (Å²) in [6, 6.07) is 0. The van der Waals surface area contributed by atoms with Crippen LogP contribution in [0.2, 0.25) is 0 Å². The molecule has 6 nitrogen and oxygen atoms in total. The Labute approximate surface area is 105 Å². The Balaban J connectivity index is 1.77. The molecule has 0 aliphatic carbocycles. The minimum absolute atomic E-state index is 0.238. The van der Waals surface area contributed by atoms with Crippen molar-refractivity contribution in [3.05, 3.63) is 5.89 Å². The molecule has 2 N–H and O–H groups in total. The molecule has 1 fully saturated rings. The van der Waals surface area contributed by atoms with Gasteiger partial charge in [-0.2, -0.15) is 0 Å². The van der Waals surface area contributed by atoms with Crippen LogP contribution in [0.15, 0.2) is 9.64 Å². The Morgan fingerprint density at radius 2 is 2.41 bits per heavy atom. The van der Waals surface area contributed by atoms with Gasteiger partial charge in [-0.15, -0.1) is 10.2 Å². The number of morpholine rings is 1. The average molecular weight is 258 g/mol. The summed E-state index contributed by atoms with van der Waals surface area (Å²) in [5, 5.41) is 8.30. The van der Waals surface area contributed by atoms with Crippen LogP contribution in [0.25, 0.3) is 0 Å². The molecule has 0 amide bonds. The number of hydrogen-bond donors (Lipinski definition) is 1. The van der Waals surface area contributed by atoms with Crippen LogP contribution in [-0.4, -0.2) is 53.2 Å². The van der Waals surface area contributed by atoms with Crippen LogP contribution >= 0.6 is 11.8 Å². The average Bonchev–Trinajstić information content (AvgIpc) is 2.84. The van der Waals surface area contributed by atoms with Crippen LogP contribution in [-0.2, 0) is 11.3 Å². The largest absolute Gasteiger partial charge is 0.415 e. The summed E-state index contributed by atoms with van der Waals surface area (Å²) >= 11 is 1.53. The van der Waals surface area contributed by atoms with E-state index in [4.69, 9.17) is 14.9 Å². The Morgan fingerprint density at radius 1 is 1.53 bits per heavy atom. The van der Waals surface area contributed by atoms with Gasteiger partial charge in [-0.3, -0.25) is 4.90 Å². The Bertz CT molecular complexity index is 347. The second-order valence-electron chi connectivity index (χ2n) is 3.86. The van der Waals surface area contributed by atoms with Crippen LogP contribution in [0.4, 0.5) is 0 Å². The zero-order valence-corrected chi connectivity index (χ0v) is 10.8. The van der Waals surface area contributed by atoms with Gasteiger partial charge in [0.1, 0.15) is 0 Å². The third kappa shape index (κ3) is 3.67. The number of nitrogens with zero attached hydrogens (tertiary/aromatic N) is 3. The molecule has 96 valence electrons. The highest BCUT2D eigenvalue weighted by Crippen LogP contribution is 2.19. The Hall–Kier alpha value is -0.630. The number of ether oxygens (including phenoxy) is 1. The summed E-state index contributed by atoms with van der Waals surface area (Å²) in [5.74, 6) is 1.31. The smallest absolute Gasteiger partial charge is 0.276 e. The van der Waals surface area contributed by atoms with Gasteiger partial charge in [-0.25, -0.2) is 0 Å². The number of likely N-dealkylation sites (N-methyl/N-ethyl adjacent to an activating group) is 1. The zero-order valence-electron chi connectivity index (χ0n) is 9.96. The highest BCUT2D eigenvalue weighted by molar-refractivity contribution is 7.99. The van der Waals surface area contributed by atoms with Crippen molar-refractivity contribution in [2.24, 2.45) is 5.73 Å². The van der Waals surface area contributed by atoms with E-state index in [-0.39, 0.29) is 12.6 Å². The summed E-state index contributed by atoms with van der Waals surface area (Å²) in [6.45, 7) is 6.33. The fraction of sp³-hybridized carbons (Fsp3) is 0.800. The molecule has 0 aromatic carbocycles. The molecule has 1 aliphatic rings. The number of hydrogen-bond acceptors (Lipinski definition) is 7. The number of nitrogens with two attached hydrogens (primary N) is 1. The first kappa shape index (κ1) is 12.8. The molecule has 17 heavy (non-hydrogen) atoms. The van der Waals surface area contributed by atoms with Gasteiger partial charge in [0, 0.05) is 18.8 Å². The van der Waals surface area contributed by atoms with Crippen molar-refractivity contribution in [3.8, 4) is 0 Å². The van der Waals surface area contributed by atoms with E-state index in [0.29, 0.717) is 11.1 Å². The summed E-state index contributed by atoms with van der Waals surface area (Å²) in [4.78, 5) is 2.38. The maximum atomic E-state index is 5.69. The molecule has 2 heterocycles. The van der Waals surface area contributed by atoms with Gasteiger partial charge in [0.05, 0.1) is 19.3 Å². The van der Waals surface area contributed by atoms with E-state index in [1.807, 2.05) is 0 Å². The summed E-state index contributed by atoms with van der Waals surface area (Å²) < 4.78 is 11.0. The molecule has 1 aliphatic heterocycles. The third-order valence-corrected chi connectivity index (χ3v) is 3.64. The van der Waals surface area contributed by atoms with Crippen LogP contribution < -0.4 is 5.73 Å². The molecule has 1 unspecified atom stereocenters. The molecule has 0 radical (unpaired) electrons. The third-order valence-electron chi connectivity index (χ3n) is 2.69. The van der Waals surface area contributed by atoms with Crippen molar-refractivity contribution in [2.45, 2.75) is 24.8 Å². The normalized spacial score (nSPS) is 21.9. The van der Waals surface area contributed by atoms with E-state index in [1.165, 1.54) is 11.8 Å². The fourth-order valence-electron chi connectivity index (χ4n) is 1.71. The monoisotopic (exact) mass is 258 g/mol. The van der Waals surface area contributed by atoms with Crippen molar-refractivity contribution in [1.82, 2.24) is 15.1 Å². The molecule has 7 heteroatoms. The van der Waals surface area contributed by atoms with E-state index < -0.39 is 0 Å². The van der Waals surface area contributed by atoms with Gasteiger partial charge in [-0.1, -0.05) is 18.7 Å². The van der Waals surface area contributed by atoms with E-state index in [2.05, 4.69) is 22.0 Å². The summed E-state index contributed by atoms with van der Waals surface area (Å²) in [6.07, 6.45) is 0.238. The summed E-state index contributed by atoms with van der Waals surface area (Å²) in [7, 11) is 0. The van der Waals surface area contributed by atoms with E-state index >= 15 is 0 Å². The van der Waals surface area contributed by atoms with Crippen LogP contribution in [0.5, 0.6) is 0 Å². The van der Waals surface area contributed by atoms with E-state index in [0.717, 1.165) is 32.0 Å². The molecule has 0 bridgehead atoms. The van der Waals surface area contributed by atoms with Crippen LogP contribution in [0.1, 0.15) is 12.8 Å². The highest BCUT2D eigenvalue weighted by Gasteiger charge is 2.20. The first-order valence-electron chi connectivity index (χ1n) is 5.81. The van der Waals surface area contributed by atoms with E-state index in [1.54, 1.807) is 0 Å². The number of thioether (sulfide) groups is 1. The van der Waals surface area contributed by atoms with Gasteiger partial charge in [-0.05, 0) is 6.54 Å². The Morgan fingerprint density at radius 3 is 3.12 bits per heavy atom.